The zero-order valence-corrected chi connectivity index (χ0v) is 17.8. The molecule has 2 aromatic rings. The standard InChI is InChI=1S/C22H31ClN4O2/c23-22-25-20-9-8-18(29-15-12-27-10-13-28-14-11-27)16-19(20)21(26-22)24-17-6-4-2-1-3-5-7-17/h8-9,16-17H,1-7,10-15H2,(H,24,25,26). The molecule has 1 aliphatic heterocycles. The number of hydrogen-bond acceptors (Lipinski definition) is 6. The van der Waals surface area contributed by atoms with Crippen LogP contribution in [0.25, 0.3) is 10.9 Å². The third-order valence-electron chi connectivity index (χ3n) is 5.87. The molecule has 7 heteroatoms. The molecule has 0 atom stereocenters. The highest BCUT2D eigenvalue weighted by atomic mass is 35.5. The van der Waals surface area contributed by atoms with Crippen LogP contribution in [0.2, 0.25) is 5.28 Å². The molecule has 158 valence electrons. The summed E-state index contributed by atoms with van der Waals surface area (Å²) in [5, 5.41) is 4.91. The van der Waals surface area contributed by atoms with Crippen molar-refractivity contribution in [3.8, 4) is 5.75 Å². The van der Waals surface area contributed by atoms with Crippen LogP contribution >= 0.6 is 11.6 Å². The van der Waals surface area contributed by atoms with Crippen LogP contribution in [-0.2, 0) is 4.74 Å². The summed E-state index contributed by atoms with van der Waals surface area (Å²) in [4.78, 5) is 11.3. The van der Waals surface area contributed by atoms with Gasteiger partial charge in [0, 0.05) is 31.1 Å². The zero-order chi connectivity index (χ0) is 19.9. The first-order chi connectivity index (χ1) is 14.3. The molecule has 0 amide bonds. The van der Waals surface area contributed by atoms with Gasteiger partial charge in [-0.2, -0.15) is 0 Å². The van der Waals surface area contributed by atoms with Crippen molar-refractivity contribution in [2.24, 2.45) is 0 Å². The number of hydrogen-bond donors (Lipinski definition) is 1. The Balaban J connectivity index is 1.45. The van der Waals surface area contributed by atoms with Gasteiger partial charge in [-0.05, 0) is 42.6 Å². The molecule has 4 rings (SSSR count). The third-order valence-corrected chi connectivity index (χ3v) is 6.03. The Hall–Kier alpha value is -1.63. The van der Waals surface area contributed by atoms with E-state index in [9.17, 15) is 0 Å². The summed E-state index contributed by atoms with van der Waals surface area (Å²) in [5.41, 5.74) is 0.846. The number of anilines is 1. The highest BCUT2D eigenvalue weighted by Crippen LogP contribution is 2.29. The zero-order valence-electron chi connectivity index (χ0n) is 17.0. The molecule has 1 N–H and O–H groups in total. The van der Waals surface area contributed by atoms with E-state index in [1.54, 1.807) is 0 Å². The van der Waals surface area contributed by atoms with E-state index in [0.717, 1.165) is 55.3 Å². The van der Waals surface area contributed by atoms with Crippen LogP contribution in [0, 0.1) is 0 Å². The minimum Gasteiger partial charge on any atom is -0.492 e. The molecule has 6 nitrogen and oxygen atoms in total. The number of benzene rings is 1. The second kappa shape index (κ2) is 10.4. The molecule has 0 radical (unpaired) electrons. The van der Waals surface area contributed by atoms with Crippen LogP contribution in [0.1, 0.15) is 44.9 Å². The molecule has 2 heterocycles. The number of aromatic nitrogens is 2. The van der Waals surface area contributed by atoms with Gasteiger partial charge in [0.1, 0.15) is 18.2 Å². The van der Waals surface area contributed by atoms with E-state index in [2.05, 4.69) is 20.2 Å². The van der Waals surface area contributed by atoms with E-state index in [1.165, 1.54) is 44.9 Å². The Morgan fingerprint density at radius 3 is 2.62 bits per heavy atom. The van der Waals surface area contributed by atoms with Crippen molar-refractivity contribution in [1.82, 2.24) is 14.9 Å². The molecule has 1 aliphatic carbocycles. The van der Waals surface area contributed by atoms with Crippen molar-refractivity contribution in [3.63, 3.8) is 0 Å². The molecule has 1 saturated carbocycles. The van der Waals surface area contributed by atoms with Crippen LogP contribution in [-0.4, -0.2) is 60.4 Å². The Bertz CT molecular complexity index is 790. The monoisotopic (exact) mass is 418 g/mol. The molecule has 1 saturated heterocycles. The van der Waals surface area contributed by atoms with Crippen molar-refractivity contribution in [1.29, 1.82) is 0 Å². The van der Waals surface area contributed by atoms with Gasteiger partial charge in [0.05, 0.1) is 18.7 Å². The van der Waals surface area contributed by atoms with E-state index in [-0.39, 0.29) is 5.28 Å². The van der Waals surface area contributed by atoms with Crippen LogP contribution in [0.3, 0.4) is 0 Å². The van der Waals surface area contributed by atoms with Crippen molar-refractivity contribution in [2.45, 2.75) is 51.0 Å². The summed E-state index contributed by atoms with van der Waals surface area (Å²) in [6.07, 6.45) is 8.90. The fourth-order valence-corrected chi connectivity index (χ4v) is 4.37. The van der Waals surface area contributed by atoms with Gasteiger partial charge in [-0.3, -0.25) is 4.90 Å². The molecule has 1 aromatic heterocycles. The maximum absolute atomic E-state index is 6.20. The highest BCUT2D eigenvalue weighted by molar-refractivity contribution is 6.28. The average molecular weight is 419 g/mol. The van der Waals surface area contributed by atoms with E-state index in [0.29, 0.717) is 12.6 Å². The molecule has 2 fully saturated rings. The lowest BCUT2D eigenvalue weighted by Crippen LogP contribution is -2.38. The lowest BCUT2D eigenvalue weighted by Gasteiger charge is -2.26. The third kappa shape index (κ3) is 5.93. The van der Waals surface area contributed by atoms with E-state index in [1.807, 2.05) is 18.2 Å². The maximum Gasteiger partial charge on any atom is 0.224 e. The minimum absolute atomic E-state index is 0.284. The topological polar surface area (TPSA) is 59.5 Å². The number of ether oxygens (including phenoxy) is 2. The van der Waals surface area contributed by atoms with Gasteiger partial charge in [-0.1, -0.05) is 32.1 Å². The summed E-state index contributed by atoms with van der Waals surface area (Å²) >= 11 is 6.20. The van der Waals surface area contributed by atoms with Crippen molar-refractivity contribution in [2.75, 3.05) is 44.8 Å². The summed E-state index contributed by atoms with van der Waals surface area (Å²) in [6.45, 7) is 5.14. The number of nitrogens with one attached hydrogen (secondary N) is 1. The quantitative estimate of drug-likeness (QED) is 0.696. The lowest BCUT2D eigenvalue weighted by molar-refractivity contribution is 0.0322. The summed E-state index contributed by atoms with van der Waals surface area (Å²) in [5.74, 6) is 1.67. The maximum atomic E-state index is 6.20. The molecule has 29 heavy (non-hydrogen) atoms. The van der Waals surface area contributed by atoms with Gasteiger partial charge < -0.3 is 14.8 Å². The van der Waals surface area contributed by atoms with E-state index < -0.39 is 0 Å². The molecule has 0 spiro atoms. The van der Waals surface area contributed by atoms with Crippen LogP contribution in [0.5, 0.6) is 5.75 Å². The van der Waals surface area contributed by atoms with Gasteiger partial charge in [0.15, 0.2) is 0 Å². The highest BCUT2D eigenvalue weighted by Gasteiger charge is 2.15. The first-order valence-electron chi connectivity index (χ1n) is 10.9. The van der Waals surface area contributed by atoms with Crippen molar-refractivity contribution >= 4 is 28.3 Å². The number of rotatable bonds is 6. The van der Waals surface area contributed by atoms with Crippen molar-refractivity contribution in [3.05, 3.63) is 23.5 Å². The van der Waals surface area contributed by atoms with Gasteiger partial charge >= 0.3 is 0 Å². The predicted molar refractivity (Wildman–Crippen MR) is 117 cm³/mol. The van der Waals surface area contributed by atoms with E-state index >= 15 is 0 Å². The second-order valence-corrected chi connectivity index (χ2v) is 8.35. The van der Waals surface area contributed by atoms with Gasteiger partial charge in [-0.15, -0.1) is 0 Å². The normalized spacial score (nSPS) is 19.6. The van der Waals surface area contributed by atoms with Gasteiger partial charge in [-0.25, -0.2) is 9.97 Å². The smallest absolute Gasteiger partial charge is 0.224 e. The molecule has 0 bridgehead atoms. The Morgan fingerprint density at radius 1 is 1.07 bits per heavy atom. The molecule has 0 unspecified atom stereocenters. The summed E-state index contributed by atoms with van der Waals surface area (Å²) < 4.78 is 11.4. The second-order valence-electron chi connectivity index (χ2n) is 8.01. The van der Waals surface area contributed by atoms with Crippen molar-refractivity contribution < 1.29 is 9.47 Å². The van der Waals surface area contributed by atoms with Gasteiger partial charge in [0.25, 0.3) is 0 Å². The first kappa shape index (κ1) is 20.6. The summed E-state index contributed by atoms with van der Waals surface area (Å²) in [6, 6.07) is 6.41. The number of morpholine rings is 1. The average Bonchev–Trinajstić information content (AvgIpc) is 2.71. The summed E-state index contributed by atoms with van der Waals surface area (Å²) in [7, 11) is 0. The van der Waals surface area contributed by atoms with Crippen LogP contribution < -0.4 is 10.1 Å². The van der Waals surface area contributed by atoms with Crippen LogP contribution in [0.4, 0.5) is 5.82 Å². The fourth-order valence-electron chi connectivity index (χ4n) is 4.19. The molecular formula is C22H31ClN4O2. The van der Waals surface area contributed by atoms with Gasteiger partial charge in [0.2, 0.25) is 5.28 Å². The fraction of sp³-hybridized carbons (Fsp3) is 0.636. The Labute approximate surface area is 177 Å². The first-order valence-corrected chi connectivity index (χ1v) is 11.3. The van der Waals surface area contributed by atoms with Crippen LogP contribution in [0.15, 0.2) is 18.2 Å². The molecular weight excluding hydrogens is 388 g/mol. The Kier molecular flexibility index (Phi) is 7.41. The number of fused-ring (bicyclic) bond motifs is 1. The Morgan fingerprint density at radius 2 is 1.83 bits per heavy atom. The van der Waals surface area contributed by atoms with E-state index in [4.69, 9.17) is 21.1 Å². The lowest BCUT2D eigenvalue weighted by atomic mass is 9.96. The minimum atomic E-state index is 0.284. The SMILES string of the molecule is Clc1nc(NC2CCCCCCC2)c2cc(OCCN3CCOCC3)ccc2n1. The number of halogens is 1. The molecule has 1 aromatic carbocycles. The predicted octanol–water partition coefficient (Wildman–Crippen LogP) is 4.52. The molecule has 2 aliphatic rings. The largest absolute Gasteiger partial charge is 0.492 e. The number of nitrogens with zero attached hydrogens (tertiary/aromatic N) is 3.